The fourth-order valence-electron chi connectivity index (χ4n) is 3.71. The zero-order valence-corrected chi connectivity index (χ0v) is 18.6. The van der Waals surface area contributed by atoms with E-state index in [1.54, 1.807) is 41.8 Å². The van der Waals surface area contributed by atoms with Crippen LogP contribution in [0, 0.1) is 0 Å². The summed E-state index contributed by atoms with van der Waals surface area (Å²) in [4.78, 5) is 31.6. The number of ketones is 1. The summed E-state index contributed by atoms with van der Waals surface area (Å²) in [6.45, 7) is 0.795. The summed E-state index contributed by atoms with van der Waals surface area (Å²) < 4.78 is 11.1. The van der Waals surface area contributed by atoms with Gasteiger partial charge in [0.15, 0.2) is 16.6 Å². The molecule has 1 fully saturated rings. The van der Waals surface area contributed by atoms with Crippen molar-refractivity contribution in [2.45, 2.75) is 6.04 Å². The Bertz CT molecular complexity index is 1280. The van der Waals surface area contributed by atoms with Crippen molar-refractivity contribution in [2.24, 2.45) is 0 Å². The van der Waals surface area contributed by atoms with Crippen molar-refractivity contribution in [1.82, 2.24) is 4.98 Å². The molecule has 10 heteroatoms. The summed E-state index contributed by atoms with van der Waals surface area (Å²) in [7, 11) is 0. The predicted octanol–water partition coefficient (Wildman–Crippen LogP) is 4.85. The van der Waals surface area contributed by atoms with Crippen molar-refractivity contribution in [3.8, 4) is 11.5 Å². The molecule has 1 amide bonds. The number of benzene rings is 2. The maximum Gasteiger partial charge on any atom is 0.301 e. The smallest absolute Gasteiger partial charge is 0.301 e. The van der Waals surface area contributed by atoms with Gasteiger partial charge in [-0.3, -0.25) is 14.5 Å². The number of thiazole rings is 1. The molecule has 2 aromatic carbocycles. The molecule has 0 spiro atoms. The molecule has 7 nitrogen and oxygen atoms in total. The summed E-state index contributed by atoms with van der Waals surface area (Å²) in [6.07, 6.45) is 1.53. The van der Waals surface area contributed by atoms with Crippen LogP contribution in [0.4, 0.5) is 5.13 Å². The van der Waals surface area contributed by atoms with Crippen molar-refractivity contribution in [3.05, 3.63) is 74.7 Å². The SMILES string of the molecule is O=C1C(=O)N(c2nccs2)[C@H](c2ccc(Cl)c(Cl)c2)C1=C(O)c1ccc2c(c1)OCCO2. The average Bonchev–Trinajstić information content (AvgIpc) is 3.42. The lowest BCUT2D eigenvalue weighted by atomic mass is 9.95. The molecule has 32 heavy (non-hydrogen) atoms. The molecule has 162 valence electrons. The summed E-state index contributed by atoms with van der Waals surface area (Å²) in [5.74, 6) is -0.980. The molecule has 2 aliphatic heterocycles. The largest absolute Gasteiger partial charge is 0.507 e. The number of amides is 1. The number of aliphatic hydroxyl groups is 1. The molecule has 1 atom stereocenters. The molecular formula is C22H14Cl2N2O5S. The molecule has 1 saturated heterocycles. The van der Waals surface area contributed by atoms with Gasteiger partial charge in [0.2, 0.25) is 0 Å². The van der Waals surface area contributed by atoms with Crippen LogP contribution in [0.3, 0.4) is 0 Å². The summed E-state index contributed by atoms with van der Waals surface area (Å²) >= 11 is 13.5. The number of hydrogen-bond acceptors (Lipinski definition) is 7. The molecule has 5 rings (SSSR count). The van der Waals surface area contributed by atoms with Crippen molar-refractivity contribution in [2.75, 3.05) is 18.1 Å². The lowest BCUT2D eigenvalue weighted by Crippen LogP contribution is -2.29. The van der Waals surface area contributed by atoms with Gasteiger partial charge in [-0.1, -0.05) is 29.3 Å². The highest BCUT2D eigenvalue weighted by atomic mass is 35.5. The monoisotopic (exact) mass is 488 g/mol. The number of fused-ring (bicyclic) bond motifs is 1. The highest BCUT2D eigenvalue weighted by Crippen LogP contribution is 2.44. The Balaban J connectivity index is 1.70. The molecule has 1 N–H and O–H groups in total. The van der Waals surface area contributed by atoms with Crippen LogP contribution in [0.2, 0.25) is 10.0 Å². The first-order valence-electron chi connectivity index (χ1n) is 9.51. The van der Waals surface area contributed by atoms with Gasteiger partial charge in [0.05, 0.1) is 21.7 Å². The third kappa shape index (κ3) is 3.40. The van der Waals surface area contributed by atoms with E-state index in [2.05, 4.69) is 4.98 Å². The lowest BCUT2D eigenvalue weighted by Gasteiger charge is -2.23. The van der Waals surface area contributed by atoms with Crippen molar-refractivity contribution >= 4 is 57.1 Å². The predicted molar refractivity (Wildman–Crippen MR) is 121 cm³/mol. The first-order chi connectivity index (χ1) is 15.5. The number of anilines is 1. The number of carbonyl (C=O) groups excluding carboxylic acids is 2. The third-order valence-electron chi connectivity index (χ3n) is 5.14. The van der Waals surface area contributed by atoms with Gasteiger partial charge >= 0.3 is 5.91 Å². The lowest BCUT2D eigenvalue weighted by molar-refractivity contribution is -0.132. The zero-order valence-electron chi connectivity index (χ0n) is 16.2. The van der Waals surface area contributed by atoms with Crippen LogP contribution < -0.4 is 14.4 Å². The molecule has 0 unspecified atom stereocenters. The molecule has 0 saturated carbocycles. The van der Waals surface area contributed by atoms with Gasteiger partial charge in [0.25, 0.3) is 5.78 Å². The summed E-state index contributed by atoms with van der Waals surface area (Å²) in [6, 6.07) is 8.68. The van der Waals surface area contributed by atoms with Crippen molar-refractivity contribution in [1.29, 1.82) is 0 Å². The minimum atomic E-state index is -0.941. The van der Waals surface area contributed by atoms with Gasteiger partial charge in [-0.25, -0.2) is 4.98 Å². The Morgan fingerprint density at radius 2 is 1.84 bits per heavy atom. The second kappa shape index (κ2) is 8.12. The molecule has 1 aromatic heterocycles. The standard InChI is InChI=1S/C22H14Cl2N2O5S/c23-13-3-1-11(9-14(13)24)18-17(20(28)21(29)26(18)22-25-5-8-32-22)19(27)12-2-4-15-16(10-12)31-7-6-30-15/h1-5,8-10,18,27H,6-7H2/t18-/m1/s1. The van der Waals surface area contributed by atoms with Crippen molar-refractivity contribution < 1.29 is 24.2 Å². The van der Waals surface area contributed by atoms with E-state index < -0.39 is 17.7 Å². The normalized spacial score (nSPS) is 19.4. The van der Waals surface area contributed by atoms with Crippen LogP contribution in [0.15, 0.2) is 53.5 Å². The van der Waals surface area contributed by atoms with E-state index in [9.17, 15) is 14.7 Å². The maximum absolute atomic E-state index is 13.1. The van der Waals surface area contributed by atoms with Gasteiger partial charge in [-0.05, 0) is 35.9 Å². The minimum Gasteiger partial charge on any atom is -0.507 e. The number of nitrogens with zero attached hydrogens (tertiary/aromatic N) is 2. The quantitative estimate of drug-likeness (QED) is 0.322. The number of hydrogen-bond donors (Lipinski definition) is 1. The highest BCUT2D eigenvalue weighted by molar-refractivity contribution is 7.14. The number of Topliss-reactive ketones (excluding diaryl/α,β-unsaturated/α-hetero) is 1. The molecule has 3 aromatic rings. The van der Waals surface area contributed by atoms with E-state index in [1.165, 1.54) is 22.4 Å². The highest BCUT2D eigenvalue weighted by Gasteiger charge is 2.48. The van der Waals surface area contributed by atoms with E-state index in [-0.39, 0.29) is 16.4 Å². The first kappa shape index (κ1) is 20.8. The summed E-state index contributed by atoms with van der Waals surface area (Å²) in [5.41, 5.74) is 0.740. The molecule has 0 bridgehead atoms. The molecule has 2 aliphatic rings. The van der Waals surface area contributed by atoms with Crippen LogP contribution >= 0.6 is 34.5 Å². The fourth-order valence-corrected chi connectivity index (χ4v) is 4.68. The maximum atomic E-state index is 13.1. The molecule has 0 aliphatic carbocycles. The Morgan fingerprint density at radius 3 is 2.56 bits per heavy atom. The second-order valence-corrected chi connectivity index (χ2v) is 8.70. The number of aromatic nitrogens is 1. The third-order valence-corrected chi connectivity index (χ3v) is 6.65. The number of ether oxygens (including phenoxy) is 2. The van der Waals surface area contributed by atoms with Gasteiger partial charge < -0.3 is 14.6 Å². The number of carbonyl (C=O) groups is 2. The van der Waals surface area contributed by atoms with Crippen LogP contribution in [-0.2, 0) is 9.59 Å². The zero-order chi connectivity index (χ0) is 22.4. The molecule has 3 heterocycles. The van der Waals surface area contributed by atoms with Gasteiger partial charge in [-0.2, -0.15) is 0 Å². The number of rotatable bonds is 3. The first-order valence-corrected chi connectivity index (χ1v) is 11.1. The van der Waals surface area contributed by atoms with Crippen molar-refractivity contribution in [3.63, 3.8) is 0 Å². The van der Waals surface area contributed by atoms with E-state index >= 15 is 0 Å². The molecular weight excluding hydrogens is 475 g/mol. The Hall–Kier alpha value is -3.07. The van der Waals surface area contributed by atoms with Crippen LogP contribution in [0.5, 0.6) is 11.5 Å². The van der Waals surface area contributed by atoms with E-state index in [0.29, 0.717) is 46.0 Å². The van der Waals surface area contributed by atoms with Crippen LogP contribution in [0.25, 0.3) is 5.76 Å². The van der Waals surface area contributed by atoms with Crippen LogP contribution in [-0.4, -0.2) is 35.0 Å². The Morgan fingerprint density at radius 1 is 1.06 bits per heavy atom. The van der Waals surface area contributed by atoms with Crippen LogP contribution in [0.1, 0.15) is 17.2 Å². The van der Waals surface area contributed by atoms with Gasteiger partial charge in [0.1, 0.15) is 19.0 Å². The van der Waals surface area contributed by atoms with E-state index in [4.69, 9.17) is 32.7 Å². The van der Waals surface area contributed by atoms with Gasteiger partial charge in [0, 0.05) is 17.1 Å². The minimum absolute atomic E-state index is 0.0831. The van der Waals surface area contributed by atoms with E-state index in [1.807, 2.05) is 0 Å². The Kier molecular flexibility index (Phi) is 5.28. The fraction of sp³-hybridized carbons (Fsp3) is 0.136. The summed E-state index contributed by atoms with van der Waals surface area (Å²) in [5, 5.41) is 13.8. The number of aliphatic hydroxyl groups excluding tert-OH is 1. The van der Waals surface area contributed by atoms with Gasteiger partial charge in [-0.15, -0.1) is 11.3 Å². The molecule has 0 radical (unpaired) electrons. The topological polar surface area (TPSA) is 89.0 Å². The average molecular weight is 489 g/mol. The second-order valence-electron chi connectivity index (χ2n) is 7.02. The Labute approximate surface area is 196 Å². The number of halogens is 2. The van der Waals surface area contributed by atoms with E-state index in [0.717, 1.165) is 0 Å².